The summed E-state index contributed by atoms with van der Waals surface area (Å²) in [6, 6.07) is 2.12. The average Bonchev–Trinajstić information content (AvgIpc) is 3.15. The van der Waals surface area contributed by atoms with Crippen LogP contribution in [0.25, 0.3) is 0 Å². The van der Waals surface area contributed by atoms with Gasteiger partial charge in [0, 0.05) is 26.8 Å². The Balaban J connectivity index is 1.90. The summed E-state index contributed by atoms with van der Waals surface area (Å²) in [6.07, 6.45) is 2.09. The summed E-state index contributed by atoms with van der Waals surface area (Å²) in [5.74, 6) is -0.0803. The van der Waals surface area contributed by atoms with E-state index in [0.29, 0.717) is 29.8 Å². The zero-order valence-corrected chi connectivity index (χ0v) is 12.6. The summed E-state index contributed by atoms with van der Waals surface area (Å²) in [5.41, 5.74) is 6.40. The highest BCUT2D eigenvalue weighted by Crippen LogP contribution is 2.30. The van der Waals surface area contributed by atoms with Crippen molar-refractivity contribution in [3.8, 4) is 0 Å². The van der Waals surface area contributed by atoms with Crippen molar-refractivity contribution >= 4 is 27.9 Å². The van der Waals surface area contributed by atoms with Crippen molar-refractivity contribution in [2.45, 2.75) is 25.0 Å². The zero-order chi connectivity index (χ0) is 14.5. The van der Waals surface area contributed by atoms with Crippen LogP contribution in [-0.2, 0) is 9.47 Å². The first-order valence-corrected chi connectivity index (χ1v) is 7.41. The maximum Gasteiger partial charge on any atom is 0.263 e. The quantitative estimate of drug-likeness (QED) is 0.673. The molecule has 1 saturated carbocycles. The Kier molecular flexibility index (Phi) is 5.22. The van der Waals surface area contributed by atoms with Gasteiger partial charge < -0.3 is 25.8 Å². The minimum Gasteiger partial charge on any atom is -0.397 e. The van der Waals surface area contributed by atoms with Gasteiger partial charge in [-0.15, -0.1) is 11.3 Å². The highest BCUT2D eigenvalue weighted by atomic mass is 32.1. The number of nitrogens with two attached hydrogens (primary N) is 1. The maximum atomic E-state index is 12.0. The molecule has 6 nitrogen and oxygen atoms in total. The molecule has 7 heteroatoms. The molecule has 0 aliphatic heterocycles. The van der Waals surface area contributed by atoms with E-state index in [0.717, 1.165) is 17.8 Å². The number of methoxy groups -OCH3 is 2. The number of nitrogen functional groups attached to an aromatic ring is 1. The average molecular weight is 299 g/mol. The first-order chi connectivity index (χ1) is 9.63. The molecule has 1 amide bonds. The van der Waals surface area contributed by atoms with E-state index in [-0.39, 0.29) is 12.0 Å². The molecular weight excluding hydrogens is 278 g/mol. The van der Waals surface area contributed by atoms with E-state index in [4.69, 9.17) is 15.2 Å². The van der Waals surface area contributed by atoms with Crippen LogP contribution in [0.15, 0.2) is 6.07 Å². The van der Waals surface area contributed by atoms with Crippen molar-refractivity contribution < 1.29 is 14.3 Å². The molecule has 0 aromatic carbocycles. The fourth-order valence-electron chi connectivity index (χ4n) is 1.76. The van der Waals surface area contributed by atoms with Crippen LogP contribution in [0.3, 0.4) is 0 Å². The van der Waals surface area contributed by atoms with Gasteiger partial charge in [0.25, 0.3) is 5.91 Å². The van der Waals surface area contributed by atoms with Gasteiger partial charge in [-0.3, -0.25) is 4.79 Å². The summed E-state index contributed by atoms with van der Waals surface area (Å²) in [4.78, 5) is 12.5. The fraction of sp³-hybridized carbons (Fsp3) is 0.615. The fourth-order valence-corrected chi connectivity index (χ4v) is 2.65. The molecule has 1 aromatic rings. The van der Waals surface area contributed by atoms with E-state index in [1.165, 1.54) is 11.3 Å². The number of carbonyl (C=O) groups is 1. The minimum atomic E-state index is -0.0803. The molecule has 0 saturated heterocycles. The monoisotopic (exact) mass is 299 g/mol. The van der Waals surface area contributed by atoms with Crippen LogP contribution in [-0.4, -0.2) is 45.4 Å². The lowest BCUT2D eigenvalue weighted by molar-refractivity contribution is 0.0366. The summed E-state index contributed by atoms with van der Waals surface area (Å²) in [7, 11) is 3.28. The van der Waals surface area contributed by atoms with Crippen molar-refractivity contribution in [3.05, 3.63) is 10.9 Å². The Bertz CT molecular complexity index is 460. The Morgan fingerprint density at radius 2 is 2.30 bits per heavy atom. The molecule has 0 bridgehead atoms. The van der Waals surface area contributed by atoms with Crippen LogP contribution < -0.4 is 16.4 Å². The summed E-state index contributed by atoms with van der Waals surface area (Å²) >= 11 is 1.36. The third-order valence-electron chi connectivity index (χ3n) is 3.07. The molecule has 1 aromatic heterocycles. The molecule has 1 aliphatic rings. The number of hydrogen-bond acceptors (Lipinski definition) is 6. The highest BCUT2D eigenvalue weighted by Gasteiger charge is 2.25. The van der Waals surface area contributed by atoms with E-state index in [2.05, 4.69) is 10.6 Å². The third kappa shape index (κ3) is 4.09. The van der Waals surface area contributed by atoms with Gasteiger partial charge >= 0.3 is 0 Å². The lowest BCUT2D eigenvalue weighted by Gasteiger charge is -2.14. The number of thiophene rings is 1. The topological polar surface area (TPSA) is 85.6 Å². The van der Waals surface area contributed by atoms with E-state index >= 15 is 0 Å². The second kappa shape index (κ2) is 6.92. The van der Waals surface area contributed by atoms with Crippen molar-refractivity contribution in [3.63, 3.8) is 0 Å². The van der Waals surface area contributed by atoms with Crippen LogP contribution in [0.5, 0.6) is 0 Å². The predicted molar refractivity (Wildman–Crippen MR) is 80.4 cm³/mol. The van der Waals surface area contributed by atoms with E-state index in [1.54, 1.807) is 20.3 Å². The predicted octanol–water partition coefficient (Wildman–Crippen LogP) is 1.30. The molecule has 1 heterocycles. The van der Waals surface area contributed by atoms with Gasteiger partial charge in [-0.25, -0.2) is 0 Å². The van der Waals surface area contributed by atoms with Crippen LogP contribution in [0.1, 0.15) is 22.5 Å². The first-order valence-electron chi connectivity index (χ1n) is 6.59. The normalized spacial score (nSPS) is 15.9. The van der Waals surface area contributed by atoms with Gasteiger partial charge in [0.05, 0.1) is 23.4 Å². The second-order valence-electron chi connectivity index (χ2n) is 4.84. The van der Waals surface area contributed by atoms with Gasteiger partial charge in [0.15, 0.2) is 0 Å². The van der Waals surface area contributed by atoms with Crippen LogP contribution in [0.2, 0.25) is 0 Å². The summed E-state index contributed by atoms with van der Waals surface area (Å²) in [5, 5.41) is 7.02. The molecule has 1 fully saturated rings. The molecule has 20 heavy (non-hydrogen) atoms. The van der Waals surface area contributed by atoms with Crippen molar-refractivity contribution in [1.82, 2.24) is 5.32 Å². The number of nitrogens with one attached hydrogen (secondary N) is 2. The number of rotatable bonds is 8. The first kappa shape index (κ1) is 15.1. The van der Waals surface area contributed by atoms with Crippen molar-refractivity contribution in [2.75, 3.05) is 38.4 Å². The minimum absolute atomic E-state index is 0.0351. The molecule has 1 atom stereocenters. The smallest absolute Gasteiger partial charge is 0.263 e. The largest absolute Gasteiger partial charge is 0.397 e. The Hall–Kier alpha value is -1.31. The molecule has 1 aliphatic carbocycles. The number of anilines is 2. The van der Waals surface area contributed by atoms with Crippen molar-refractivity contribution in [2.24, 2.45) is 0 Å². The number of carbonyl (C=O) groups excluding carboxylic acids is 1. The summed E-state index contributed by atoms with van der Waals surface area (Å²) < 4.78 is 10.3. The Labute approximate surface area is 122 Å². The Morgan fingerprint density at radius 3 is 2.90 bits per heavy atom. The number of ether oxygens (including phenoxy) is 2. The van der Waals surface area contributed by atoms with Gasteiger partial charge in [0.1, 0.15) is 4.88 Å². The molecule has 0 radical (unpaired) electrons. The molecule has 4 N–H and O–H groups in total. The highest BCUT2D eigenvalue weighted by molar-refractivity contribution is 7.18. The molecule has 2 rings (SSSR count). The van der Waals surface area contributed by atoms with Gasteiger partial charge in [-0.05, 0) is 18.9 Å². The third-order valence-corrected chi connectivity index (χ3v) is 4.18. The summed E-state index contributed by atoms with van der Waals surface area (Å²) in [6.45, 7) is 1.12. The van der Waals surface area contributed by atoms with Gasteiger partial charge in [-0.2, -0.15) is 0 Å². The lowest BCUT2D eigenvalue weighted by atomic mass is 10.3. The number of hydrogen-bond donors (Lipinski definition) is 3. The molecule has 112 valence electrons. The lowest BCUT2D eigenvalue weighted by Crippen LogP contribution is -2.26. The Morgan fingerprint density at radius 1 is 1.55 bits per heavy atom. The van der Waals surface area contributed by atoms with Crippen LogP contribution >= 0.6 is 11.3 Å². The van der Waals surface area contributed by atoms with Gasteiger partial charge in [-0.1, -0.05) is 0 Å². The van der Waals surface area contributed by atoms with Crippen LogP contribution in [0, 0.1) is 0 Å². The van der Waals surface area contributed by atoms with Crippen molar-refractivity contribution in [1.29, 1.82) is 0 Å². The van der Waals surface area contributed by atoms with Gasteiger partial charge in [0.2, 0.25) is 0 Å². The standard InChI is InChI=1S/C13H21N3O3S/c1-18-7-9(19-2)6-15-11-5-10(14)12(20-11)13(17)16-8-3-4-8/h5,8-9,15H,3-4,6-7,14H2,1-2H3,(H,16,17). The van der Waals surface area contributed by atoms with E-state index in [9.17, 15) is 4.79 Å². The SMILES string of the molecule is COCC(CNc1cc(N)c(C(=O)NC2CC2)s1)OC. The second-order valence-corrected chi connectivity index (χ2v) is 5.89. The maximum absolute atomic E-state index is 12.0. The number of amides is 1. The van der Waals surface area contributed by atoms with Crippen LogP contribution in [0.4, 0.5) is 10.7 Å². The molecular formula is C13H21N3O3S. The van der Waals surface area contributed by atoms with E-state index in [1.807, 2.05) is 0 Å². The van der Waals surface area contributed by atoms with E-state index < -0.39 is 0 Å². The zero-order valence-electron chi connectivity index (χ0n) is 11.8. The molecule has 1 unspecified atom stereocenters. The molecule has 0 spiro atoms.